The molecule has 9 heteroatoms. The molecule has 27 heavy (non-hydrogen) atoms. The first kappa shape index (κ1) is 20.4. The van der Waals surface area contributed by atoms with Gasteiger partial charge in [-0.1, -0.05) is 15.9 Å². The van der Waals surface area contributed by atoms with Gasteiger partial charge < -0.3 is 14.6 Å². The molecule has 0 saturated carbocycles. The Morgan fingerprint density at radius 3 is 2.96 bits per heavy atom. The fourth-order valence-corrected chi connectivity index (χ4v) is 2.55. The maximum absolute atomic E-state index is 11.9. The van der Waals surface area contributed by atoms with Crippen LogP contribution in [0.1, 0.15) is 22.4 Å². The third-order valence-electron chi connectivity index (χ3n) is 3.33. The first-order valence-corrected chi connectivity index (χ1v) is 8.56. The summed E-state index contributed by atoms with van der Waals surface area (Å²) in [7, 11) is 1.52. The topological polar surface area (TPSA) is 117 Å². The van der Waals surface area contributed by atoms with Gasteiger partial charge in [0.25, 0.3) is 5.91 Å². The number of nitrogens with zero attached hydrogens (tertiary/aromatic N) is 3. The van der Waals surface area contributed by atoms with Crippen LogP contribution in [0.2, 0.25) is 0 Å². The fraction of sp³-hybridized carbons (Fsp3) is 0.222. The molecule has 2 aromatic rings. The monoisotopic (exact) mass is 432 g/mol. The average Bonchev–Trinajstić information content (AvgIpc) is 2.63. The summed E-state index contributed by atoms with van der Waals surface area (Å²) in [6.45, 7) is 1.61. The summed E-state index contributed by atoms with van der Waals surface area (Å²) in [6.07, 6.45) is 1.31. The van der Waals surface area contributed by atoms with Crippen molar-refractivity contribution in [3.8, 4) is 17.7 Å². The minimum atomic E-state index is -0.541. The summed E-state index contributed by atoms with van der Waals surface area (Å²) in [4.78, 5) is 16.0. The van der Waals surface area contributed by atoms with Crippen LogP contribution in [0.15, 0.2) is 33.8 Å². The van der Waals surface area contributed by atoms with Gasteiger partial charge in [-0.15, -0.1) is 0 Å². The minimum Gasteiger partial charge on any atom is -0.507 e. The number of carbonyl (C=O) groups excluding carboxylic acids is 1. The highest BCUT2D eigenvalue weighted by atomic mass is 79.9. The molecule has 1 heterocycles. The molecule has 0 radical (unpaired) electrons. The van der Waals surface area contributed by atoms with E-state index in [9.17, 15) is 15.2 Å². The van der Waals surface area contributed by atoms with E-state index in [2.05, 4.69) is 31.4 Å². The lowest BCUT2D eigenvalue weighted by molar-refractivity contribution is -0.123. The number of amides is 1. The number of phenols is 1. The average molecular weight is 433 g/mol. The van der Waals surface area contributed by atoms with E-state index in [0.717, 1.165) is 4.47 Å². The smallest absolute Gasteiger partial charge is 0.278 e. The van der Waals surface area contributed by atoms with Gasteiger partial charge in [0.2, 0.25) is 5.88 Å². The Morgan fingerprint density at radius 1 is 1.48 bits per heavy atom. The van der Waals surface area contributed by atoms with Crippen LogP contribution in [0.3, 0.4) is 0 Å². The van der Waals surface area contributed by atoms with Gasteiger partial charge in [-0.05, 0) is 31.2 Å². The van der Waals surface area contributed by atoms with Crippen molar-refractivity contribution >= 4 is 28.1 Å². The molecule has 8 nitrogen and oxygen atoms in total. The molecule has 0 unspecified atom stereocenters. The van der Waals surface area contributed by atoms with Crippen molar-refractivity contribution in [3.05, 3.63) is 51.1 Å². The Labute approximate surface area is 164 Å². The molecular formula is C18H17BrN4O4. The van der Waals surface area contributed by atoms with Crippen molar-refractivity contribution in [3.63, 3.8) is 0 Å². The summed E-state index contributed by atoms with van der Waals surface area (Å²) in [5, 5.41) is 22.8. The molecule has 2 rings (SSSR count). The van der Waals surface area contributed by atoms with Crippen molar-refractivity contribution in [1.82, 2.24) is 10.4 Å². The third kappa shape index (κ3) is 5.77. The summed E-state index contributed by atoms with van der Waals surface area (Å²) >= 11 is 3.28. The number of hydrogen-bond donors (Lipinski definition) is 2. The molecule has 1 aromatic carbocycles. The van der Waals surface area contributed by atoms with Gasteiger partial charge in [-0.3, -0.25) is 4.79 Å². The molecule has 1 aromatic heterocycles. The summed E-state index contributed by atoms with van der Waals surface area (Å²) < 4.78 is 11.2. The largest absolute Gasteiger partial charge is 0.507 e. The third-order valence-corrected chi connectivity index (χ3v) is 3.82. The number of ether oxygens (including phenoxy) is 2. The van der Waals surface area contributed by atoms with E-state index in [1.165, 1.54) is 19.4 Å². The van der Waals surface area contributed by atoms with Crippen molar-refractivity contribution in [2.24, 2.45) is 5.10 Å². The number of carbonyl (C=O) groups is 1. The van der Waals surface area contributed by atoms with Crippen LogP contribution in [0, 0.1) is 18.3 Å². The van der Waals surface area contributed by atoms with Crippen LogP contribution in [0.4, 0.5) is 0 Å². The number of aromatic hydroxyl groups is 1. The molecule has 0 fully saturated rings. The number of aromatic nitrogens is 1. The van der Waals surface area contributed by atoms with E-state index in [4.69, 9.17) is 9.47 Å². The highest BCUT2D eigenvalue weighted by molar-refractivity contribution is 9.10. The Hall–Kier alpha value is -2.96. The standard InChI is InChI=1S/C18H17BrN4O4/c1-11-5-13(9-26-2)15(7-20)18(22-11)27-10-17(25)23-21-8-12-6-14(19)3-4-16(12)24/h3-6,8,24H,9-10H2,1-2H3,(H,23,25)/b21-8+. The van der Waals surface area contributed by atoms with Crippen molar-refractivity contribution in [2.75, 3.05) is 13.7 Å². The number of halogens is 1. The molecule has 0 aliphatic carbocycles. The van der Waals surface area contributed by atoms with Gasteiger partial charge in [0.1, 0.15) is 17.4 Å². The Balaban J connectivity index is 2.00. The van der Waals surface area contributed by atoms with Crippen LogP contribution in [0.25, 0.3) is 0 Å². The second-order valence-electron chi connectivity index (χ2n) is 5.43. The van der Waals surface area contributed by atoms with E-state index in [1.54, 1.807) is 25.1 Å². The van der Waals surface area contributed by atoms with E-state index in [1.807, 2.05) is 6.07 Å². The summed E-state index contributed by atoms with van der Waals surface area (Å²) in [5.74, 6) is -0.449. The molecular weight excluding hydrogens is 416 g/mol. The van der Waals surface area contributed by atoms with Crippen LogP contribution in [-0.2, 0) is 16.1 Å². The van der Waals surface area contributed by atoms with Crippen molar-refractivity contribution in [2.45, 2.75) is 13.5 Å². The summed E-state index contributed by atoms with van der Waals surface area (Å²) in [6, 6.07) is 8.57. The quantitative estimate of drug-likeness (QED) is 0.512. The maximum Gasteiger partial charge on any atom is 0.278 e. The second kappa shape index (κ2) is 9.66. The lowest BCUT2D eigenvalue weighted by atomic mass is 10.1. The molecule has 0 spiro atoms. The first-order valence-electron chi connectivity index (χ1n) is 7.77. The van der Waals surface area contributed by atoms with Gasteiger partial charge >= 0.3 is 0 Å². The minimum absolute atomic E-state index is 0.0285. The Kier molecular flexibility index (Phi) is 7.28. The zero-order valence-electron chi connectivity index (χ0n) is 14.7. The first-order chi connectivity index (χ1) is 12.9. The fourth-order valence-electron chi connectivity index (χ4n) is 2.17. The van der Waals surface area contributed by atoms with Crippen LogP contribution in [0.5, 0.6) is 11.6 Å². The zero-order chi connectivity index (χ0) is 19.8. The predicted molar refractivity (Wildman–Crippen MR) is 101 cm³/mol. The molecule has 0 saturated heterocycles. The number of aryl methyl sites for hydroxylation is 1. The van der Waals surface area contributed by atoms with Gasteiger partial charge in [0, 0.05) is 28.4 Å². The highest BCUT2D eigenvalue weighted by Crippen LogP contribution is 2.21. The molecule has 0 atom stereocenters. The number of methoxy groups -OCH3 is 1. The number of benzene rings is 1. The number of nitriles is 1. The number of phenolic OH excluding ortho intramolecular Hbond substituents is 1. The van der Waals surface area contributed by atoms with E-state index < -0.39 is 5.91 Å². The van der Waals surface area contributed by atoms with Crippen LogP contribution in [-0.4, -0.2) is 35.9 Å². The predicted octanol–water partition coefficient (Wildman–Crippen LogP) is 2.41. The lowest BCUT2D eigenvalue weighted by Crippen LogP contribution is -2.25. The molecule has 0 aliphatic rings. The number of hydrazone groups is 1. The van der Waals surface area contributed by atoms with E-state index in [-0.39, 0.29) is 30.4 Å². The van der Waals surface area contributed by atoms with Crippen molar-refractivity contribution < 1.29 is 19.4 Å². The lowest BCUT2D eigenvalue weighted by Gasteiger charge is -2.10. The SMILES string of the molecule is COCc1cc(C)nc(OCC(=O)N/N=C/c2cc(Br)ccc2O)c1C#N. The van der Waals surface area contributed by atoms with Crippen LogP contribution < -0.4 is 10.2 Å². The van der Waals surface area contributed by atoms with Gasteiger partial charge in [0.05, 0.1) is 12.8 Å². The van der Waals surface area contributed by atoms with E-state index >= 15 is 0 Å². The molecule has 0 aliphatic heterocycles. The number of nitrogens with one attached hydrogen (secondary N) is 1. The molecule has 0 bridgehead atoms. The molecule has 2 N–H and O–H groups in total. The number of rotatable bonds is 7. The number of hydrogen-bond acceptors (Lipinski definition) is 7. The van der Waals surface area contributed by atoms with E-state index in [0.29, 0.717) is 16.8 Å². The normalized spacial score (nSPS) is 10.6. The zero-order valence-corrected chi connectivity index (χ0v) is 16.3. The van der Waals surface area contributed by atoms with Gasteiger partial charge in [-0.2, -0.15) is 10.4 Å². The summed E-state index contributed by atoms with van der Waals surface area (Å²) in [5.41, 5.74) is 4.21. The maximum atomic E-state index is 11.9. The highest BCUT2D eigenvalue weighted by Gasteiger charge is 2.14. The molecule has 1 amide bonds. The Morgan fingerprint density at radius 2 is 2.26 bits per heavy atom. The second-order valence-corrected chi connectivity index (χ2v) is 6.35. The Bertz CT molecular complexity index is 909. The van der Waals surface area contributed by atoms with Gasteiger partial charge in [-0.25, -0.2) is 10.4 Å². The van der Waals surface area contributed by atoms with Crippen LogP contribution >= 0.6 is 15.9 Å². The van der Waals surface area contributed by atoms with Gasteiger partial charge in [0.15, 0.2) is 6.61 Å². The van der Waals surface area contributed by atoms with Crippen molar-refractivity contribution in [1.29, 1.82) is 5.26 Å². The number of pyridine rings is 1. The molecule has 140 valence electrons.